The first kappa shape index (κ1) is 19.6. The molecule has 3 rings (SSSR count). The Morgan fingerprint density at radius 2 is 1.89 bits per heavy atom. The van der Waals surface area contributed by atoms with Gasteiger partial charge in [0.15, 0.2) is 0 Å². The molecule has 1 aromatic rings. The monoisotopic (exact) mass is 373 g/mol. The predicted octanol–water partition coefficient (Wildman–Crippen LogP) is 1.73. The summed E-state index contributed by atoms with van der Waals surface area (Å²) in [5, 5.41) is 2.99. The van der Waals surface area contributed by atoms with Gasteiger partial charge in [0.25, 0.3) is 0 Å². The van der Waals surface area contributed by atoms with Crippen LogP contribution in [0.1, 0.15) is 57.5 Å². The minimum absolute atomic E-state index is 0.0991. The van der Waals surface area contributed by atoms with E-state index in [1.807, 2.05) is 24.8 Å². The van der Waals surface area contributed by atoms with E-state index in [-0.39, 0.29) is 11.8 Å². The molecule has 1 aromatic heterocycles. The number of piperazine rings is 1. The highest BCUT2D eigenvalue weighted by Crippen LogP contribution is 2.38. The Morgan fingerprint density at radius 1 is 1.19 bits per heavy atom. The van der Waals surface area contributed by atoms with E-state index < -0.39 is 0 Å². The van der Waals surface area contributed by atoms with Crippen molar-refractivity contribution in [2.24, 2.45) is 5.92 Å². The molecule has 0 spiro atoms. The predicted molar refractivity (Wildman–Crippen MR) is 105 cm³/mol. The molecule has 2 heterocycles. The van der Waals surface area contributed by atoms with E-state index in [0.29, 0.717) is 31.2 Å². The van der Waals surface area contributed by atoms with Gasteiger partial charge in [-0.15, -0.1) is 0 Å². The summed E-state index contributed by atoms with van der Waals surface area (Å²) >= 11 is 0. The number of aromatic nitrogens is 2. The number of hydrogen-bond donors (Lipinski definition) is 1. The fourth-order valence-corrected chi connectivity index (χ4v) is 3.34. The Kier molecular flexibility index (Phi) is 6.29. The molecule has 0 unspecified atom stereocenters. The highest BCUT2D eigenvalue weighted by Gasteiger charge is 2.28. The standard InChI is InChI=1S/C20H31N5O2/c1-14(2)12-19(27)21-7-6-17-13-18(23-20(22-17)16-4-5-16)25-10-8-24(9-11-25)15(3)26/h13-14,16H,4-12H2,1-3H3,(H,21,27). The van der Waals surface area contributed by atoms with E-state index in [1.54, 1.807) is 6.92 Å². The lowest BCUT2D eigenvalue weighted by atomic mass is 10.1. The van der Waals surface area contributed by atoms with Crippen molar-refractivity contribution >= 4 is 17.6 Å². The first-order chi connectivity index (χ1) is 12.9. The summed E-state index contributed by atoms with van der Waals surface area (Å²) in [5.41, 5.74) is 0.987. The molecule has 0 bridgehead atoms. The molecule has 1 saturated heterocycles. The van der Waals surface area contributed by atoms with Gasteiger partial charge < -0.3 is 15.1 Å². The Morgan fingerprint density at radius 3 is 2.48 bits per heavy atom. The summed E-state index contributed by atoms with van der Waals surface area (Å²) in [5.74, 6) is 2.98. The van der Waals surface area contributed by atoms with Gasteiger partial charge in [-0.25, -0.2) is 9.97 Å². The maximum Gasteiger partial charge on any atom is 0.220 e. The lowest BCUT2D eigenvalue weighted by Crippen LogP contribution is -2.48. The molecule has 27 heavy (non-hydrogen) atoms. The van der Waals surface area contributed by atoms with Gasteiger partial charge in [-0.1, -0.05) is 13.8 Å². The van der Waals surface area contributed by atoms with Gasteiger partial charge >= 0.3 is 0 Å². The van der Waals surface area contributed by atoms with E-state index in [9.17, 15) is 9.59 Å². The zero-order valence-corrected chi connectivity index (χ0v) is 16.7. The van der Waals surface area contributed by atoms with Crippen molar-refractivity contribution in [3.8, 4) is 0 Å². The van der Waals surface area contributed by atoms with Crippen molar-refractivity contribution in [2.75, 3.05) is 37.6 Å². The van der Waals surface area contributed by atoms with E-state index in [4.69, 9.17) is 9.97 Å². The van der Waals surface area contributed by atoms with Crippen molar-refractivity contribution in [1.29, 1.82) is 0 Å². The van der Waals surface area contributed by atoms with Crippen molar-refractivity contribution in [2.45, 2.75) is 52.4 Å². The molecule has 7 nitrogen and oxygen atoms in total. The molecule has 0 aromatic carbocycles. The van der Waals surface area contributed by atoms with Crippen molar-refractivity contribution in [3.05, 3.63) is 17.6 Å². The SMILES string of the molecule is CC(=O)N1CCN(c2cc(CCNC(=O)CC(C)C)nc(C3CC3)n2)CC1. The Labute approximate surface area is 161 Å². The maximum atomic E-state index is 11.8. The van der Waals surface area contributed by atoms with Crippen LogP contribution in [0.3, 0.4) is 0 Å². The minimum atomic E-state index is 0.0991. The van der Waals surface area contributed by atoms with Crippen LogP contribution in [0.4, 0.5) is 5.82 Å². The van der Waals surface area contributed by atoms with Crippen LogP contribution in [0.15, 0.2) is 6.07 Å². The number of carbonyl (C=O) groups is 2. The third-order valence-corrected chi connectivity index (χ3v) is 5.07. The second-order valence-electron chi connectivity index (χ2n) is 8.04. The number of amides is 2. The lowest BCUT2D eigenvalue weighted by Gasteiger charge is -2.35. The normalized spacial score (nSPS) is 17.3. The fourth-order valence-electron chi connectivity index (χ4n) is 3.34. The second kappa shape index (κ2) is 8.67. The van der Waals surface area contributed by atoms with Gasteiger partial charge in [0.05, 0.1) is 0 Å². The van der Waals surface area contributed by atoms with Crippen LogP contribution in [0, 0.1) is 5.92 Å². The average molecular weight is 374 g/mol. The first-order valence-corrected chi connectivity index (χ1v) is 10.1. The van der Waals surface area contributed by atoms with E-state index >= 15 is 0 Å². The van der Waals surface area contributed by atoms with Crippen LogP contribution in [-0.2, 0) is 16.0 Å². The van der Waals surface area contributed by atoms with Gasteiger partial charge in [0.1, 0.15) is 11.6 Å². The number of hydrogen-bond acceptors (Lipinski definition) is 5. The van der Waals surface area contributed by atoms with Gasteiger partial charge in [-0.2, -0.15) is 0 Å². The van der Waals surface area contributed by atoms with Crippen LogP contribution < -0.4 is 10.2 Å². The Bertz CT molecular complexity index is 679. The van der Waals surface area contributed by atoms with Gasteiger partial charge in [0, 0.05) is 70.2 Å². The molecule has 2 aliphatic rings. The van der Waals surface area contributed by atoms with Crippen LogP contribution in [-0.4, -0.2) is 59.4 Å². The van der Waals surface area contributed by atoms with E-state index in [2.05, 4.69) is 10.2 Å². The number of nitrogens with zero attached hydrogens (tertiary/aromatic N) is 4. The van der Waals surface area contributed by atoms with Crippen molar-refractivity contribution < 1.29 is 9.59 Å². The minimum Gasteiger partial charge on any atom is -0.356 e. The number of rotatable bonds is 7. The lowest BCUT2D eigenvalue weighted by molar-refractivity contribution is -0.129. The van der Waals surface area contributed by atoms with Crippen LogP contribution in [0.2, 0.25) is 0 Å². The molecule has 0 atom stereocenters. The topological polar surface area (TPSA) is 78.4 Å². The van der Waals surface area contributed by atoms with Gasteiger partial charge in [0.2, 0.25) is 11.8 Å². The molecule has 148 valence electrons. The summed E-state index contributed by atoms with van der Waals surface area (Å²) in [7, 11) is 0. The molecule has 1 N–H and O–H groups in total. The fraction of sp³-hybridized carbons (Fsp3) is 0.700. The van der Waals surface area contributed by atoms with Gasteiger partial charge in [-0.3, -0.25) is 9.59 Å². The zero-order chi connectivity index (χ0) is 19.4. The molecule has 0 radical (unpaired) electrons. The Balaban J connectivity index is 1.63. The summed E-state index contributed by atoms with van der Waals surface area (Å²) in [6.07, 6.45) is 3.59. The third-order valence-electron chi connectivity index (χ3n) is 5.07. The summed E-state index contributed by atoms with van der Waals surface area (Å²) < 4.78 is 0. The quantitative estimate of drug-likeness (QED) is 0.787. The van der Waals surface area contributed by atoms with E-state index in [0.717, 1.165) is 56.4 Å². The molecule has 2 amide bonds. The molecule has 2 fully saturated rings. The number of carbonyl (C=O) groups excluding carboxylic acids is 2. The largest absolute Gasteiger partial charge is 0.356 e. The molecular weight excluding hydrogens is 342 g/mol. The van der Waals surface area contributed by atoms with E-state index in [1.165, 1.54) is 0 Å². The summed E-state index contributed by atoms with van der Waals surface area (Å²) in [6.45, 7) is 9.38. The molecule has 7 heteroatoms. The molecule has 1 aliphatic heterocycles. The molecular formula is C20H31N5O2. The third kappa shape index (κ3) is 5.65. The molecule has 1 aliphatic carbocycles. The number of nitrogens with one attached hydrogen (secondary N) is 1. The maximum absolute atomic E-state index is 11.8. The first-order valence-electron chi connectivity index (χ1n) is 10.1. The highest BCUT2D eigenvalue weighted by molar-refractivity contribution is 5.76. The Hall–Kier alpha value is -2.18. The van der Waals surface area contributed by atoms with Crippen LogP contribution in [0.5, 0.6) is 0 Å². The zero-order valence-electron chi connectivity index (χ0n) is 16.7. The van der Waals surface area contributed by atoms with Crippen molar-refractivity contribution in [3.63, 3.8) is 0 Å². The van der Waals surface area contributed by atoms with Crippen molar-refractivity contribution in [1.82, 2.24) is 20.2 Å². The second-order valence-corrected chi connectivity index (χ2v) is 8.04. The van der Waals surface area contributed by atoms with Gasteiger partial charge in [-0.05, 0) is 18.8 Å². The number of anilines is 1. The highest BCUT2D eigenvalue weighted by atomic mass is 16.2. The molecule has 1 saturated carbocycles. The summed E-state index contributed by atoms with van der Waals surface area (Å²) in [6, 6.07) is 2.05. The summed E-state index contributed by atoms with van der Waals surface area (Å²) in [4.78, 5) is 37.0. The van der Waals surface area contributed by atoms with Crippen LogP contribution >= 0.6 is 0 Å². The average Bonchev–Trinajstić information content (AvgIpc) is 3.46. The van der Waals surface area contributed by atoms with Crippen LogP contribution in [0.25, 0.3) is 0 Å². The smallest absolute Gasteiger partial charge is 0.220 e.